The van der Waals surface area contributed by atoms with Crippen molar-refractivity contribution in [2.75, 3.05) is 4.90 Å². The molecule has 26 heavy (non-hydrogen) atoms. The summed E-state index contributed by atoms with van der Waals surface area (Å²) < 4.78 is 5.33. The molecule has 1 aromatic rings. The van der Waals surface area contributed by atoms with Gasteiger partial charge in [0, 0.05) is 6.42 Å². The molecule has 1 aliphatic heterocycles. The van der Waals surface area contributed by atoms with Crippen molar-refractivity contribution in [2.24, 2.45) is 11.8 Å². The summed E-state index contributed by atoms with van der Waals surface area (Å²) in [4.78, 5) is 38.4. The minimum atomic E-state index is -0.242. The maximum atomic E-state index is 12.6. The number of ether oxygens (including phenoxy) is 1. The lowest BCUT2D eigenvalue weighted by atomic mass is 9.81. The smallest absolute Gasteiger partial charge is 0.311 e. The quantitative estimate of drug-likeness (QED) is 0.317. The number of imide groups is 1. The van der Waals surface area contributed by atoms with Crippen LogP contribution in [0, 0.1) is 11.8 Å². The minimum absolute atomic E-state index is 0.0830. The fraction of sp³-hybridized carbons (Fsp3) is 0.571. The summed E-state index contributed by atoms with van der Waals surface area (Å²) in [6, 6.07) is 6.68. The summed E-state index contributed by atoms with van der Waals surface area (Å²) in [7, 11) is 0. The highest BCUT2D eigenvalue weighted by Gasteiger charge is 2.48. The molecule has 0 aromatic heterocycles. The van der Waals surface area contributed by atoms with Crippen LogP contribution >= 0.6 is 0 Å². The summed E-state index contributed by atoms with van der Waals surface area (Å²) in [5.74, 6) is -0.270. The van der Waals surface area contributed by atoms with E-state index in [1.807, 2.05) is 0 Å². The number of carbonyl (C=O) groups excluding carboxylic acids is 3. The molecule has 5 heteroatoms. The molecule has 0 bridgehead atoms. The summed E-state index contributed by atoms with van der Waals surface area (Å²) in [5, 5.41) is 0. The van der Waals surface area contributed by atoms with Crippen molar-refractivity contribution in [1.29, 1.82) is 0 Å². The monoisotopic (exact) mass is 357 g/mol. The second-order valence-electron chi connectivity index (χ2n) is 7.29. The molecule has 3 rings (SSSR count). The second-order valence-corrected chi connectivity index (χ2v) is 7.29. The Morgan fingerprint density at radius 2 is 1.62 bits per heavy atom. The van der Waals surface area contributed by atoms with Crippen molar-refractivity contribution in [3.63, 3.8) is 0 Å². The van der Waals surface area contributed by atoms with Gasteiger partial charge in [0.2, 0.25) is 11.8 Å². The van der Waals surface area contributed by atoms with Crippen LogP contribution in [0.1, 0.15) is 64.7 Å². The normalized spacial score (nSPS) is 22.4. The van der Waals surface area contributed by atoms with Gasteiger partial charge >= 0.3 is 5.97 Å². The van der Waals surface area contributed by atoms with Crippen LogP contribution in [0.5, 0.6) is 5.75 Å². The van der Waals surface area contributed by atoms with Crippen LogP contribution in [-0.2, 0) is 14.4 Å². The average molecular weight is 357 g/mol. The molecule has 1 saturated carbocycles. The van der Waals surface area contributed by atoms with Crippen LogP contribution in [0.3, 0.4) is 0 Å². The molecule has 1 heterocycles. The molecule has 1 aliphatic carbocycles. The van der Waals surface area contributed by atoms with Gasteiger partial charge in [-0.15, -0.1) is 0 Å². The lowest BCUT2D eigenvalue weighted by Gasteiger charge is -2.19. The lowest BCUT2D eigenvalue weighted by molar-refractivity contribution is -0.134. The van der Waals surface area contributed by atoms with Gasteiger partial charge in [0.15, 0.2) is 0 Å². The molecule has 1 aromatic carbocycles. The van der Waals surface area contributed by atoms with E-state index in [1.165, 1.54) is 4.90 Å². The molecular formula is C21H27NO4. The number of rotatable bonds is 7. The van der Waals surface area contributed by atoms with Crippen molar-refractivity contribution >= 4 is 23.5 Å². The summed E-state index contributed by atoms with van der Waals surface area (Å²) in [6.45, 7) is 2.13. The first kappa shape index (κ1) is 18.6. The van der Waals surface area contributed by atoms with Crippen LogP contribution in [-0.4, -0.2) is 17.8 Å². The average Bonchev–Trinajstić information content (AvgIpc) is 2.91. The van der Waals surface area contributed by atoms with Crippen molar-refractivity contribution in [1.82, 2.24) is 0 Å². The third-order valence-electron chi connectivity index (χ3n) is 5.40. The molecular weight excluding hydrogens is 330 g/mol. The van der Waals surface area contributed by atoms with Crippen molar-refractivity contribution in [3.8, 4) is 5.75 Å². The summed E-state index contributed by atoms with van der Waals surface area (Å²) >= 11 is 0. The zero-order valence-corrected chi connectivity index (χ0v) is 15.4. The molecule has 0 radical (unpaired) electrons. The van der Waals surface area contributed by atoms with E-state index in [0.717, 1.165) is 51.4 Å². The van der Waals surface area contributed by atoms with Crippen molar-refractivity contribution in [2.45, 2.75) is 64.7 Å². The van der Waals surface area contributed by atoms with Gasteiger partial charge in [0.25, 0.3) is 0 Å². The Labute approximate surface area is 154 Å². The van der Waals surface area contributed by atoms with E-state index in [-0.39, 0.29) is 29.6 Å². The highest BCUT2D eigenvalue weighted by molar-refractivity contribution is 6.22. The number of hydrogen-bond acceptors (Lipinski definition) is 4. The number of benzene rings is 1. The number of unbranched alkanes of at least 4 members (excludes halogenated alkanes) is 3. The van der Waals surface area contributed by atoms with Gasteiger partial charge in [0.1, 0.15) is 5.75 Å². The Morgan fingerprint density at radius 3 is 2.19 bits per heavy atom. The van der Waals surface area contributed by atoms with Gasteiger partial charge in [-0.25, -0.2) is 0 Å². The third kappa shape index (κ3) is 3.97. The van der Waals surface area contributed by atoms with Gasteiger partial charge < -0.3 is 4.74 Å². The molecule has 0 spiro atoms. The molecule has 2 atom stereocenters. The molecule has 1 saturated heterocycles. The third-order valence-corrected chi connectivity index (χ3v) is 5.40. The Morgan fingerprint density at radius 1 is 1.00 bits per heavy atom. The number of anilines is 1. The van der Waals surface area contributed by atoms with Crippen LogP contribution < -0.4 is 9.64 Å². The Kier molecular flexibility index (Phi) is 6.07. The maximum Gasteiger partial charge on any atom is 0.311 e. The number of hydrogen-bond donors (Lipinski definition) is 0. The first-order chi connectivity index (χ1) is 12.6. The Balaban J connectivity index is 1.60. The number of esters is 1. The molecule has 140 valence electrons. The SMILES string of the molecule is CCCCCCC(=O)Oc1ccc(N2C(=O)C3CCCCC3C2=O)cc1. The molecule has 0 N–H and O–H groups in total. The first-order valence-corrected chi connectivity index (χ1v) is 9.80. The van der Waals surface area contributed by atoms with E-state index in [2.05, 4.69) is 6.92 Å². The number of amides is 2. The van der Waals surface area contributed by atoms with Gasteiger partial charge in [0.05, 0.1) is 17.5 Å². The van der Waals surface area contributed by atoms with E-state index in [4.69, 9.17) is 4.74 Å². The lowest BCUT2D eigenvalue weighted by Crippen LogP contribution is -2.30. The molecule has 2 aliphatic rings. The predicted molar refractivity (Wildman–Crippen MR) is 98.8 cm³/mol. The van der Waals surface area contributed by atoms with Gasteiger partial charge in [-0.05, 0) is 43.5 Å². The molecule has 2 fully saturated rings. The fourth-order valence-corrected chi connectivity index (χ4v) is 3.96. The van der Waals surface area contributed by atoms with Crippen LogP contribution in [0.4, 0.5) is 5.69 Å². The fourth-order valence-electron chi connectivity index (χ4n) is 3.96. The summed E-state index contributed by atoms with van der Waals surface area (Å²) in [5.41, 5.74) is 0.567. The highest BCUT2D eigenvalue weighted by atomic mass is 16.5. The van der Waals surface area contributed by atoms with E-state index >= 15 is 0 Å². The number of nitrogens with zero attached hydrogens (tertiary/aromatic N) is 1. The van der Waals surface area contributed by atoms with Gasteiger partial charge in [-0.3, -0.25) is 19.3 Å². The van der Waals surface area contributed by atoms with Crippen LogP contribution in [0.2, 0.25) is 0 Å². The van der Waals surface area contributed by atoms with Crippen LogP contribution in [0.15, 0.2) is 24.3 Å². The standard InChI is InChI=1S/C21H27NO4/c1-2-3-4-5-10-19(23)26-16-13-11-15(12-14-16)22-20(24)17-8-6-7-9-18(17)21(22)25/h11-14,17-18H,2-10H2,1H3. The van der Waals surface area contributed by atoms with Crippen molar-refractivity contribution in [3.05, 3.63) is 24.3 Å². The predicted octanol–water partition coefficient (Wildman–Crippen LogP) is 4.24. The molecule has 5 nitrogen and oxygen atoms in total. The maximum absolute atomic E-state index is 12.6. The largest absolute Gasteiger partial charge is 0.427 e. The van der Waals surface area contributed by atoms with E-state index in [1.54, 1.807) is 24.3 Å². The van der Waals surface area contributed by atoms with Gasteiger partial charge in [-0.1, -0.05) is 39.0 Å². The number of fused-ring (bicyclic) bond motifs is 1. The first-order valence-electron chi connectivity index (χ1n) is 9.80. The Hall–Kier alpha value is -2.17. The van der Waals surface area contributed by atoms with Gasteiger partial charge in [-0.2, -0.15) is 0 Å². The summed E-state index contributed by atoms with van der Waals surface area (Å²) in [6.07, 6.45) is 8.18. The van der Waals surface area contributed by atoms with E-state index in [9.17, 15) is 14.4 Å². The Bertz CT molecular complexity index is 643. The van der Waals surface area contributed by atoms with E-state index < -0.39 is 0 Å². The zero-order chi connectivity index (χ0) is 18.5. The van der Waals surface area contributed by atoms with Crippen LogP contribution in [0.25, 0.3) is 0 Å². The van der Waals surface area contributed by atoms with E-state index in [0.29, 0.717) is 17.9 Å². The number of carbonyl (C=O) groups is 3. The zero-order valence-electron chi connectivity index (χ0n) is 15.4. The second kappa shape index (κ2) is 8.47. The molecule has 2 amide bonds. The van der Waals surface area contributed by atoms with Crippen molar-refractivity contribution < 1.29 is 19.1 Å². The highest BCUT2D eigenvalue weighted by Crippen LogP contribution is 2.40. The topological polar surface area (TPSA) is 63.7 Å². The molecule has 2 unspecified atom stereocenters. The minimum Gasteiger partial charge on any atom is -0.427 e.